The lowest BCUT2D eigenvalue weighted by molar-refractivity contribution is 0.401. The van der Waals surface area contributed by atoms with E-state index in [2.05, 4.69) is 42.6 Å². The van der Waals surface area contributed by atoms with Crippen molar-refractivity contribution in [2.24, 2.45) is 12.9 Å². The van der Waals surface area contributed by atoms with Crippen LogP contribution in [0.5, 0.6) is 5.75 Å². The van der Waals surface area contributed by atoms with E-state index in [1.54, 1.807) is 18.0 Å². The van der Waals surface area contributed by atoms with Crippen LogP contribution in [0.2, 0.25) is 0 Å². The number of hydrogen-bond donors (Lipinski definition) is 2. The van der Waals surface area contributed by atoms with Gasteiger partial charge in [-0.3, -0.25) is 10.5 Å². The number of methoxy groups -OCH3 is 1. The third-order valence-corrected chi connectivity index (χ3v) is 3.36. The van der Waals surface area contributed by atoms with Crippen molar-refractivity contribution < 1.29 is 4.74 Å². The number of rotatable bonds is 4. The van der Waals surface area contributed by atoms with Gasteiger partial charge in [0.25, 0.3) is 0 Å². The Morgan fingerprint density at radius 3 is 2.74 bits per heavy atom. The maximum atomic E-state index is 5.76. The number of nitrogens with one attached hydrogen (secondary N) is 1. The van der Waals surface area contributed by atoms with E-state index in [1.165, 1.54) is 11.1 Å². The zero-order valence-electron chi connectivity index (χ0n) is 11.8. The molecule has 0 fully saturated rings. The van der Waals surface area contributed by atoms with E-state index in [1.807, 2.05) is 7.05 Å². The summed E-state index contributed by atoms with van der Waals surface area (Å²) in [6.45, 7) is 4.14. The first kappa shape index (κ1) is 13.6. The predicted octanol–water partition coefficient (Wildman–Crippen LogP) is 1.60. The van der Waals surface area contributed by atoms with Crippen LogP contribution in [0.15, 0.2) is 24.4 Å². The number of hydrogen-bond acceptors (Lipinski definition) is 4. The molecular weight excluding hydrogens is 240 g/mol. The number of benzene rings is 1. The molecule has 1 aromatic carbocycles. The summed E-state index contributed by atoms with van der Waals surface area (Å²) in [5.74, 6) is 6.49. The molecule has 5 nitrogen and oxygen atoms in total. The molecule has 102 valence electrons. The van der Waals surface area contributed by atoms with Gasteiger partial charge < -0.3 is 4.74 Å². The molecule has 0 saturated carbocycles. The first-order chi connectivity index (χ1) is 9.08. The fourth-order valence-electron chi connectivity index (χ4n) is 2.30. The van der Waals surface area contributed by atoms with Gasteiger partial charge in [-0.2, -0.15) is 5.10 Å². The topological polar surface area (TPSA) is 65.1 Å². The molecule has 0 radical (unpaired) electrons. The Kier molecular flexibility index (Phi) is 3.87. The maximum Gasteiger partial charge on any atom is 0.161 e. The highest BCUT2D eigenvalue weighted by molar-refractivity contribution is 5.41. The van der Waals surface area contributed by atoms with E-state index in [-0.39, 0.29) is 6.04 Å². The minimum atomic E-state index is -0.151. The van der Waals surface area contributed by atoms with Crippen LogP contribution in [-0.2, 0) is 7.05 Å². The molecule has 1 atom stereocenters. The van der Waals surface area contributed by atoms with E-state index in [0.29, 0.717) is 0 Å². The fraction of sp³-hybridized carbons (Fsp3) is 0.357. The van der Waals surface area contributed by atoms with Crippen LogP contribution in [0.1, 0.15) is 28.4 Å². The van der Waals surface area contributed by atoms with Gasteiger partial charge in [0.1, 0.15) is 5.69 Å². The van der Waals surface area contributed by atoms with Crippen molar-refractivity contribution in [3.63, 3.8) is 0 Å². The number of nitrogens with two attached hydrogens (primary N) is 1. The summed E-state index contributed by atoms with van der Waals surface area (Å²) in [6.07, 6.45) is 1.70. The second kappa shape index (κ2) is 5.42. The number of aryl methyl sites for hydroxylation is 3. The Hall–Kier alpha value is -1.85. The molecule has 0 spiro atoms. The molecule has 0 aliphatic carbocycles. The van der Waals surface area contributed by atoms with Gasteiger partial charge in [0.2, 0.25) is 0 Å². The Morgan fingerprint density at radius 2 is 2.11 bits per heavy atom. The van der Waals surface area contributed by atoms with Crippen LogP contribution in [-0.4, -0.2) is 16.9 Å². The van der Waals surface area contributed by atoms with Gasteiger partial charge in [0, 0.05) is 7.05 Å². The highest BCUT2D eigenvalue weighted by Gasteiger charge is 2.22. The van der Waals surface area contributed by atoms with Crippen molar-refractivity contribution >= 4 is 0 Å². The van der Waals surface area contributed by atoms with Crippen molar-refractivity contribution in [3.8, 4) is 5.75 Å². The zero-order valence-corrected chi connectivity index (χ0v) is 11.8. The second-order valence-electron chi connectivity index (χ2n) is 4.68. The molecule has 3 N–H and O–H groups in total. The molecule has 0 saturated heterocycles. The van der Waals surface area contributed by atoms with Gasteiger partial charge in [-0.25, -0.2) is 5.43 Å². The lowest BCUT2D eigenvalue weighted by Gasteiger charge is -2.20. The van der Waals surface area contributed by atoms with Crippen molar-refractivity contribution in [1.29, 1.82) is 0 Å². The second-order valence-corrected chi connectivity index (χ2v) is 4.68. The largest absolute Gasteiger partial charge is 0.493 e. The Balaban J connectivity index is 2.56. The summed E-state index contributed by atoms with van der Waals surface area (Å²) in [5, 5.41) is 4.23. The standard InChI is InChI=1S/C14H20N4O/c1-9-5-6-10(2)11(7-9)13(17-15)14-12(19-4)8-16-18(14)3/h5-8,13,17H,15H2,1-4H3. The highest BCUT2D eigenvalue weighted by Crippen LogP contribution is 2.30. The van der Waals surface area contributed by atoms with Gasteiger partial charge in [-0.05, 0) is 25.0 Å². The highest BCUT2D eigenvalue weighted by atomic mass is 16.5. The number of hydrazine groups is 1. The predicted molar refractivity (Wildman–Crippen MR) is 74.8 cm³/mol. The Morgan fingerprint density at radius 1 is 1.37 bits per heavy atom. The van der Waals surface area contributed by atoms with E-state index in [9.17, 15) is 0 Å². The normalized spacial score (nSPS) is 12.5. The minimum Gasteiger partial charge on any atom is -0.493 e. The van der Waals surface area contributed by atoms with E-state index in [0.717, 1.165) is 17.0 Å². The average molecular weight is 260 g/mol. The maximum absolute atomic E-state index is 5.76. The molecule has 0 bridgehead atoms. The summed E-state index contributed by atoms with van der Waals surface area (Å²) in [5.41, 5.74) is 7.28. The van der Waals surface area contributed by atoms with Crippen molar-refractivity contribution in [2.45, 2.75) is 19.9 Å². The van der Waals surface area contributed by atoms with Crippen molar-refractivity contribution in [2.75, 3.05) is 7.11 Å². The van der Waals surface area contributed by atoms with Crippen LogP contribution in [0, 0.1) is 13.8 Å². The smallest absolute Gasteiger partial charge is 0.161 e. The van der Waals surface area contributed by atoms with E-state index in [4.69, 9.17) is 10.6 Å². The monoisotopic (exact) mass is 260 g/mol. The van der Waals surface area contributed by atoms with Crippen LogP contribution in [0.3, 0.4) is 0 Å². The fourth-order valence-corrected chi connectivity index (χ4v) is 2.30. The molecule has 19 heavy (non-hydrogen) atoms. The molecule has 2 aromatic rings. The Bertz CT molecular complexity index is 577. The molecule has 1 aromatic heterocycles. The number of nitrogens with zero attached hydrogens (tertiary/aromatic N) is 2. The van der Waals surface area contributed by atoms with E-state index < -0.39 is 0 Å². The summed E-state index contributed by atoms with van der Waals surface area (Å²) in [6, 6.07) is 6.17. The molecule has 0 aliphatic rings. The Labute approximate surface area is 113 Å². The third kappa shape index (κ3) is 2.47. The lowest BCUT2D eigenvalue weighted by atomic mass is 9.97. The minimum absolute atomic E-state index is 0.151. The van der Waals surface area contributed by atoms with Gasteiger partial charge in [0.15, 0.2) is 5.75 Å². The molecule has 5 heteroatoms. The SMILES string of the molecule is COc1cnn(C)c1C(NN)c1cc(C)ccc1C. The molecule has 1 heterocycles. The van der Waals surface area contributed by atoms with E-state index >= 15 is 0 Å². The zero-order chi connectivity index (χ0) is 14.0. The average Bonchev–Trinajstić information content (AvgIpc) is 2.76. The molecule has 0 aliphatic heterocycles. The van der Waals surface area contributed by atoms with Crippen molar-refractivity contribution in [1.82, 2.24) is 15.2 Å². The first-order valence-corrected chi connectivity index (χ1v) is 6.17. The van der Waals surface area contributed by atoms with Gasteiger partial charge >= 0.3 is 0 Å². The third-order valence-electron chi connectivity index (χ3n) is 3.36. The number of ether oxygens (including phenoxy) is 1. The van der Waals surface area contributed by atoms with Crippen LogP contribution < -0.4 is 16.0 Å². The van der Waals surface area contributed by atoms with Crippen molar-refractivity contribution in [3.05, 3.63) is 46.8 Å². The van der Waals surface area contributed by atoms with Crippen LogP contribution in [0.4, 0.5) is 0 Å². The molecule has 1 unspecified atom stereocenters. The van der Waals surface area contributed by atoms with Crippen LogP contribution >= 0.6 is 0 Å². The summed E-state index contributed by atoms with van der Waals surface area (Å²) < 4.78 is 7.14. The first-order valence-electron chi connectivity index (χ1n) is 6.17. The molecule has 2 rings (SSSR count). The lowest BCUT2D eigenvalue weighted by Crippen LogP contribution is -2.31. The molecular formula is C14H20N4O. The van der Waals surface area contributed by atoms with Crippen LogP contribution in [0.25, 0.3) is 0 Å². The summed E-state index contributed by atoms with van der Waals surface area (Å²) >= 11 is 0. The molecule has 0 amide bonds. The van der Waals surface area contributed by atoms with Gasteiger partial charge in [0.05, 0.1) is 19.3 Å². The summed E-state index contributed by atoms with van der Waals surface area (Å²) in [7, 11) is 3.52. The summed E-state index contributed by atoms with van der Waals surface area (Å²) in [4.78, 5) is 0. The number of aromatic nitrogens is 2. The quantitative estimate of drug-likeness (QED) is 0.647. The van der Waals surface area contributed by atoms with Gasteiger partial charge in [-0.15, -0.1) is 0 Å². The van der Waals surface area contributed by atoms with Gasteiger partial charge in [-0.1, -0.05) is 23.8 Å².